The maximum atomic E-state index is 10.2. The molecule has 1 unspecified atom stereocenters. The number of urea groups is 1. The second-order valence-electron chi connectivity index (χ2n) is 2.05. The monoisotopic (exact) mass is 161 g/mol. The Kier molecular flexibility index (Phi) is 3.71. The van der Waals surface area contributed by atoms with E-state index in [-0.39, 0.29) is 5.92 Å². The predicted octanol–water partition coefficient (Wildman–Crippen LogP) is -0.423. The highest BCUT2D eigenvalue weighted by molar-refractivity contribution is 7.80. The fraction of sp³-hybridized carbons (Fsp3) is 0.600. The van der Waals surface area contributed by atoms with Crippen LogP contribution in [0, 0.1) is 5.92 Å². The van der Waals surface area contributed by atoms with E-state index in [1.807, 2.05) is 6.92 Å². The number of hydrogen-bond donors (Lipinski definition) is 3. The molecule has 2 amide bonds. The van der Waals surface area contributed by atoms with Gasteiger partial charge in [0, 0.05) is 12.5 Å². The minimum Gasteiger partial charge on any atom is -0.393 e. The van der Waals surface area contributed by atoms with Crippen LogP contribution in [0.1, 0.15) is 6.92 Å². The van der Waals surface area contributed by atoms with E-state index in [0.717, 1.165) is 0 Å². The van der Waals surface area contributed by atoms with E-state index >= 15 is 0 Å². The summed E-state index contributed by atoms with van der Waals surface area (Å²) in [4.78, 5) is 10.5. The van der Waals surface area contributed by atoms with Gasteiger partial charge >= 0.3 is 6.03 Å². The van der Waals surface area contributed by atoms with Crippen molar-refractivity contribution in [2.75, 3.05) is 6.54 Å². The zero-order chi connectivity index (χ0) is 8.15. The molecule has 0 aliphatic rings. The van der Waals surface area contributed by atoms with E-state index in [0.29, 0.717) is 11.5 Å². The first kappa shape index (κ1) is 9.16. The van der Waals surface area contributed by atoms with Gasteiger partial charge in [0.1, 0.15) is 0 Å². The van der Waals surface area contributed by atoms with Crippen LogP contribution in [0.25, 0.3) is 0 Å². The van der Waals surface area contributed by atoms with Crippen molar-refractivity contribution < 1.29 is 4.79 Å². The number of carbonyl (C=O) groups excluding carboxylic acids is 1. The Morgan fingerprint density at radius 1 is 1.70 bits per heavy atom. The smallest absolute Gasteiger partial charge is 0.312 e. The molecule has 4 nitrogen and oxygen atoms in total. The molecular weight excluding hydrogens is 150 g/mol. The highest BCUT2D eigenvalue weighted by Crippen LogP contribution is 1.90. The Labute approximate surface area is 64.9 Å². The Hall–Kier alpha value is -0.840. The van der Waals surface area contributed by atoms with Crippen molar-refractivity contribution in [3.05, 3.63) is 0 Å². The van der Waals surface area contributed by atoms with Crippen molar-refractivity contribution in [2.24, 2.45) is 17.4 Å². The maximum absolute atomic E-state index is 10.2. The van der Waals surface area contributed by atoms with Crippen molar-refractivity contribution in [1.29, 1.82) is 0 Å². The molecule has 0 bridgehead atoms. The number of nitrogens with two attached hydrogens (primary N) is 2. The van der Waals surface area contributed by atoms with Crippen LogP contribution in [-0.4, -0.2) is 17.6 Å². The summed E-state index contributed by atoms with van der Waals surface area (Å²) in [6.07, 6.45) is 0. The number of nitrogens with one attached hydrogen (secondary N) is 1. The van der Waals surface area contributed by atoms with Crippen LogP contribution in [0.15, 0.2) is 0 Å². The summed E-state index contributed by atoms with van der Waals surface area (Å²) < 4.78 is 0. The summed E-state index contributed by atoms with van der Waals surface area (Å²) in [5.41, 5.74) is 10.1. The third-order valence-electron chi connectivity index (χ3n) is 1.07. The van der Waals surface area contributed by atoms with Crippen molar-refractivity contribution in [1.82, 2.24) is 5.32 Å². The molecule has 0 spiro atoms. The van der Waals surface area contributed by atoms with Gasteiger partial charge in [-0.15, -0.1) is 0 Å². The van der Waals surface area contributed by atoms with Gasteiger partial charge in [-0.3, -0.25) is 0 Å². The van der Waals surface area contributed by atoms with Crippen LogP contribution in [0.2, 0.25) is 0 Å². The average molecular weight is 161 g/mol. The molecule has 0 aliphatic carbocycles. The molecular formula is C5H11N3OS. The summed E-state index contributed by atoms with van der Waals surface area (Å²) in [7, 11) is 0. The van der Waals surface area contributed by atoms with Gasteiger partial charge < -0.3 is 16.8 Å². The first-order chi connectivity index (χ1) is 4.54. The Balaban J connectivity index is 3.49. The molecule has 5 N–H and O–H groups in total. The van der Waals surface area contributed by atoms with Gasteiger partial charge in [-0.25, -0.2) is 4.79 Å². The molecule has 0 aliphatic heterocycles. The molecule has 5 heteroatoms. The molecule has 0 rings (SSSR count). The van der Waals surface area contributed by atoms with E-state index in [4.69, 9.17) is 11.5 Å². The van der Waals surface area contributed by atoms with Crippen molar-refractivity contribution in [3.63, 3.8) is 0 Å². The lowest BCUT2D eigenvalue weighted by Crippen LogP contribution is -2.36. The van der Waals surface area contributed by atoms with Gasteiger partial charge in [0.2, 0.25) is 0 Å². The van der Waals surface area contributed by atoms with Crippen LogP contribution >= 0.6 is 12.2 Å². The molecule has 0 aromatic carbocycles. The van der Waals surface area contributed by atoms with E-state index < -0.39 is 6.03 Å². The van der Waals surface area contributed by atoms with Crippen molar-refractivity contribution in [3.8, 4) is 0 Å². The second kappa shape index (κ2) is 4.05. The van der Waals surface area contributed by atoms with Crippen LogP contribution in [-0.2, 0) is 0 Å². The Bertz CT molecular complexity index is 148. The van der Waals surface area contributed by atoms with Gasteiger partial charge in [-0.05, 0) is 0 Å². The summed E-state index contributed by atoms with van der Waals surface area (Å²) in [5.74, 6) is 0.00231. The SMILES string of the molecule is CC(CNC(N)=O)C(N)=S. The largest absolute Gasteiger partial charge is 0.393 e. The van der Waals surface area contributed by atoms with E-state index in [2.05, 4.69) is 17.5 Å². The minimum absolute atomic E-state index is 0.00231. The van der Waals surface area contributed by atoms with Gasteiger partial charge in [-0.1, -0.05) is 19.1 Å². The average Bonchev–Trinajstić information content (AvgIpc) is 1.82. The number of thiocarbonyl (C=S) groups is 1. The minimum atomic E-state index is -0.553. The molecule has 0 fully saturated rings. The summed E-state index contributed by atoms with van der Waals surface area (Å²) in [6.45, 7) is 2.23. The number of primary amides is 1. The first-order valence-corrected chi connectivity index (χ1v) is 3.27. The molecule has 58 valence electrons. The highest BCUT2D eigenvalue weighted by Gasteiger charge is 2.04. The molecule has 0 aromatic rings. The molecule has 0 aromatic heterocycles. The predicted molar refractivity (Wildman–Crippen MR) is 43.5 cm³/mol. The third-order valence-corrected chi connectivity index (χ3v) is 1.47. The van der Waals surface area contributed by atoms with Crippen LogP contribution in [0.3, 0.4) is 0 Å². The summed E-state index contributed by atoms with van der Waals surface area (Å²) in [5, 5.41) is 2.40. The molecule has 0 saturated heterocycles. The zero-order valence-corrected chi connectivity index (χ0v) is 6.57. The van der Waals surface area contributed by atoms with Crippen molar-refractivity contribution >= 4 is 23.2 Å². The number of rotatable bonds is 3. The maximum Gasteiger partial charge on any atom is 0.312 e. The van der Waals surface area contributed by atoms with Crippen LogP contribution < -0.4 is 16.8 Å². The fourth-order valence-corrected chi connectivity index (χ4v) is 0.438. The van der Waals surface area contributed by atoms with Crippen LogP contribution in [0.4, 0.5) is 4.79 Å². The van der Waals surface area contributed by atoms with E-state index in [1.54, 1.807) is 0 Å². The number of amides is 2. The standard InChI is InChI=1S/C5H11N3OS/c1-3(4(6)10)2-8-5(7)9/h3H,2H2,1H3,(H2,6,10)(H3,7,8,9). The summed E-state index contributed by atoms with van der Waals surface area (Å²) >= 11 is 4.66. The second-order valence-corrected chi connectivity index (χ2v) is 2.52. The van der Waals surface area contributed by atoms with Gasteiger partial charge in [0.05, 0.1) is 4.99 Å². The van der Waals surface area contributed by atoms with Gasteiger partial charge in [0.25, 0.3) is 0 Å². The van der Waals surface area contributed by atoms with Gasteiger partial charge in [0.15, 0.2) is 0 Å². The summed E-state index contributed by atoms with van der Waals surface area (Å²) in [6, 6.07) is -0.553. The van der Waals surface area contributed by atoms with Crippen molar-refractivity contribution in [2.45, 2.75) is 6.92 Å². The molecule has 0 saturated carbocycles. The van der Waals surface area contributed by atoms with E-state index in [9.17, 15) is 4.79 Å². The normalized spacial score (nSPS) is 12.1. The lowest BCUT2D eigenvalue weighted by molar-refractivity contribution is 0.248. The zero-order valence-electron chi connectivity index (χ0n) is 5.76. The third kappa shape index (κ3) is 4.08. The molecule has 10 heavy (non-hydrogen) atoms. The number of hydrogen-bond acceptors (Lipinski definition) is 2. The first-order valence-electron chi connectivity index (χ1n) is 2.86. The topological polar surface area (TPSA) is 81.1 Å². The lowest BCUT2D eigenvalue weighted by Gasteiger charge is -2.08. The fourth-order valence-electron chi connectivity index (χ4n) is 0.354. The molecule has 0 heterocycles. The molecule has 0 radical (unpaired) electrons. The van der Waals surface area contributed by atoms with E-state index in [1.165, 1.54) is 0 Å². The van der Waals surface area contributed by atoms with Gasteiger partial charge in [-0.2, -0.15) is 0 Å². The Morgan fingerprint density at radius 3 is 2.50 bits per heavy atom. The lowest BCUT2D eigenvalue weighted by atomic mass is 10.2. The highest BCUT2D eigenvalue weighted by atomic mass is 32.1. The quantitative estimate of drug-likeness (QED) is 0.492. The number of carbonyl (C=O) groups is 1. The Morgan fingerprint density at radius 2 is 2.20 bits per heavy atom. The molecule has 1 atom stereocenters. The van der Waals surface area contributed by atoms with Crippen LogP contribution in [0.5, 0.6) is 0 Å².